The van der Waals surface area contributed by atoms with Crippen molar-refractivity contribution >= 4 is 0 Å². The van der Waals surface area contributed by atoms with E-state index >= 15 is 0 Å². The van der Waals surface area contributed by atoms with Crippen LogP contribution in [0.4, 0.5) is 4.39 Å². The quantitative estimate of drug-likeness (QED) is 0.639. The zero-order chi connectivity index (χ0) is 8.39. The van der Waals surface area contributed by atoms with Crippen molar-refractivity contribution in [3.63, 3.8) is 0 Å². The van der Waals surface area contributed by atoms with Crippen molar-refractivity contribution in [2.24, 2.45) is 0 Å². The van der Waals surface area contributed by atoms with Gasteiger partial charge in [-0.05, 0) is 18.1 Å². The summed E-state index contributed by atoms with van der Waals surface area (Å²) in [6.07, 6.45) is 2.44. The van der Waals surface area contributed by atoms with Crippen LogP contribution in [-0.4, -0.2) is 11.6 Å². The highest BCUT2D eigenvalue weighted by atomic mass is 19.1. The van der Waals surface area contributed by atoms with E-state index in [2.05, 4.69) is 10.5 Å². The second-order valence-corrected chi connectivity index (χ2v) is 2.72. The molecule has 3 nitrogen and oxygen atoms in total. The molecule has 0 amide bonds. The third-order valence-electron chi connectivity index (χ3n) is 1.89. The van der Waals surface area contributed by atoms with E-state index in [9.17, 15) is 4.39 Å². The predicted molar refractivity (Wildman–Crippen MR) is 40.6 cm³/mol. The first-order chi connectivity index (χ1) is 5.86. The molecular formula is C8H9FN2O. The number of pyridine rings is 1. The van der Waals surface area contributed by atoms with E-state index in [1.165, 1.54) is 12.3 Å². The van der Waals surface area contributed by atoms with Crippen LogP contribution in [0.2, 0.25) is 0 Å². The number of hydrogen-bond acceptors (Lipinski definition) is 3. The van der Waals surface area contributed by atoms with Crippen LogP contribution in [0.15, 0.2) is 18.3 Å². The molecule has 64 valence electrons. The third-order valence-corrected chi connectivity index (χ3v) is 1.89. The number of hydroxylamine groups is 1. The molecule has 0 aromatic carbocycles. The van der Waals surface area contributed by atoms with E-state index in [0.29, 0.717) is 6.61 Å². The van der Waals surface area contributed by atoms with Crippen LogP contribution < -0.4 is 5.48 Å². The molecule has 4 heteroatoms. The number of nitrogens with zero attached hydrogens (tertiary/aromatic N) is 1. The Hall–Kier alpha value is -1.00. The Balaban J connectivity index is 2.17. The van der Waals surface area contributed by atoms with Crippen molar-refractivity contribution in [1.82, 2.24) is 10.5 Å². The first-order valence-corrected chi connectivity index (χ1v) is 3.85. The molecule has 1 aliphatic heterocycles. The second kappa shape index (κ2) is 3.16. The van der Waals surface area contributed by atoms with Gasteiger partial charge in [-0.1, -0.05) is 6.07 Å². The Morgan fingerprint density at radius 2 is 2.50 bits per heavy atom. The fraction of sp³-hybridized carbons (Fsp3) is 0.375. The maximum absolute atomic E-state index is 12.4. The Kier molecular flexibility index (Phi) is 2.01. The molecule has 0 radical (unpaired) electrons. The standard InChI is InChI=1S/C8H9FN2O/c9-8-2-1-6(5-10-8)7-3-4-12-11-7/h1-2,5,7,11H,3-4H2. The molecule has 0 spiro atoms. The number of hydrogen-bond donors (Lipinski definition) is 1. The van der Waals surface area contributed by atoms with Gasteiger partial charge in [0.05, 0.1) is 12.6 Å². The van der Waals surface area contributed by atoms with Gasteiger partial charge in [0.2, 0.25) is 5.95 Å². The van der Waals surface area contributed by atoms with Gasteiger partial charge in [0.15, 0.2) is 0 Å². The van der Waals surface area contributed by atoms with Gasteiger partial charge < -0.3 is 4.84 Å². The number of rotatable bonds is 1. The van der Waals surface area contributed by atoms with Crippen LogP contribution >= 0.6 is 0 Å². The zero-order valence-corrected chi connectivity index (χ0v) is 6.46. The summed E-state index contributed by atoms with van der Waals surface area (Å²) in [4.78, 5) is 8.53. The van der Waals surface area contributed by atoms with Gasteiger partial charge in [0.1, 0.15) is 0 Å². The van der Waals surface area contributed by atoms with Crippen molar-refractivity contribution in [2.45, 2.75) is 12.5 Å². The largest absolute Gasteiger partial charge is 0.301 e. The molecule has 2 heterocycles. The molecule has 12 heavy (non-hydrogen) atoms. The van der Waals surface area contributed by atoms with Crippen LogP contribution in [-0.2, 0) is 4.84 Å². The summed E-state index contributed by atoms with van der Waals surface area (Å²) in [5, 5.41) is 0. The van der Waals surface area contributed by atoms with Crippen LogP contribution in [0, 0.1) is 5.95 Å². The normalized spacial score (nSPS) is 22.9. The van der Waals surface area contributed by atoms with Crippen molar-refractivity contribution in [1.29, 1.82) is 0 Å². The monoisotopic (exact) mass is 168 g/mol. The molecule has 2 rings (SSSR count). The van der Waals surface area contributed by atoms with Crippen LogP contribution in [0.5, 0.6) is 0 Å². The minimum atomic E-state index is -0.447. The average Bonchev–Trinajstić information content (AvgIpc) is 2.58. The van der Waals surface area contributed by atoms with Gasteiger partial charge in [-0.3, -0.25) is 0 Å². The molecule has 0 bridgehead atoms. The van der Waals surface area contributed by atoms with E-state index in [0.717, 1.165) is 12.0 Å². The highest BCUT2D eigenvalue weighted by Gasteiger charge is 2.16. The molecule has 1 fully saturated rings. The average molecular weight is 168 g/mol. The predicted octanol–water partition coefficient (Wildman–Crippen LogP) is 1.19. The second-order valence-electron chi connectivity index (χ2n) is 2.72. The molecule has 1 N–H and O–H groups in total. The zero-order valence-electron chi connectivity index (χ0n) is 6.46. The molecule has 1 saturated heterocycles. The van der Waals surface area contributed by atoms with E-state index in [1.54, 1.807) is 6.07 Å². The summed E-state index contributed by atoms with van der Waals surface area (Å²) < 4.78 is 12.4. The van der Waals surface area contributed by atoms with Crippen molar-refractivity contribution in [3.05, 3.63) is 29.8 Å². The summed E-state index contributed by atoms with van der Waals surface area (Å²) in [5.74, 6) is -0.447. The molecule has 1 aromatic heterocycles. The molecule has 1 aromatic rings. The first-order valence-electron chi connectivity index (χ1n) is 3.85. The van der Waals surface area contributed by atoms with Crippen LogP contribution in [0.25, 0.3) is 0 Å². The van der Waals surface area contributed by atoms with Crippen molar-refractivity contribution in [2.75, 3.05) is 6.61 Å². The van der Waals surface area contributed by atoms with E-state index in [-0.39, 0.29) is 6.04 Å². The summed E-state index contributed by atoms with van der Waals surface area (Å²) in [7, 11) is 0. The van der Waals surface area contributed by atoms with Crippen molar-refractivity contribution < 1.29 is 9.23 Å². The van der Waals surface area contributed by atoms with Gasteiger partial charge in [-0.25, -0.2) is 4.98 Å². The summed E-state index contributed by atoms with van der Waals surface area (Å²) >= 11 is 0. The molecule has 1 unspecified atom stereocenters. The van der Waals surface area contributed by atoms with Crippen molar-refractivity contribution in [3.8, 4) is 0 Å². The fourth-order valence-corrected chi connectivity index (χ4v) is 1.22. The Labute approximate surface area is 69.5 Å². The van der Waals surface area contributed by atoms with E-state index in [4.69, 9.17) is 4.84 Å². The Morgan fingerprint density at radius 3 is 3.08 bits per heavy atom. The third kappa shape index (κ3) is 1.44. The lowest BCUT2D eigenvalue weighted by molar-refractivity contribution is 0.0882. The number of aromatic nitrogens is 1. The minimum Gasteiger partial charge on any atom is -0.301 e. The Bertz CT molecular complexity index is 256. The minimum absolute atomic E-state index is 0.165. The fourth-order valence-electron chi connectivity index (χ4n) is 1.22. The van der Waals surface area contributed by atoms with Crippen LogP contribution in [0.1, 0.15) is 18.0 Å². The SMILES string of the molecule is Fc1ccc(C2CCON2)cn1. The smallest absolute Gasteiger partial charge is 0.212 e. The topological polar surface area (TPSA) is 34.1 Å². The number of halogens is 1. The lowest BCUT2D eigenvalue weighted by Gasteiger charge is -2.06. The van der Waals surface area contributed by atoms with Crippen LogP contribution in [0.3, 0.4) is 0 Å². The molecular weight excluding hydrogens is 159 g/mol. The summed E-state index contributed by atoms with van der Waals surface area (Å²) in [6, 6.07) is 3.24. The Morgan fingerprint density at radius 1 is 1.58 bits per heavy atom. The first kappa shape index (κ1) is 7.64. The molecule has 0 saturated carbocycles. The molecule has 1 aliphatic rings. The van der Waals surface area contributed by atoms with Gasteiger partial charge in [0, 0.05) is 6.20 Å². The van der Waals surface area contributed by atoms with E-state index < -0.39 is 5.95 Å². The maximum atomic E-state index is 12.4. The maximum Gasteiger partial charge on any atom is 0.212 e. The van der Waals surface area contributed by atoms with E-state index in [1.807, 2.05) is 0 Å². The summed E-state index contributed by atoms with van der Waals surface area (Å²) in [6.45, 7) is 0.696. The summed E-state index contributed by atoms with van der Waals surface area (Å²) in [5.41, 5.74) is 3.80. The molecule has 1 atom stereocenters. The lowest BCUT2D eigenvalue weighted by atomic mass is 10.1. The van der Waals surface area contributed by atoms with Gasteiger partial charge in [-0.15, -0.1) is 0 Å². The van der Waals surface area contributed by atoms with Gasteiger partial charge >= 0.3 is 0 Å². The van der Waals surface area contributed by atoms with Gasteiger partial charge in [-0.2, -0.15) is 9.87 Å². The number of nitrogens with one attached hydrogen (secondary N) is 1. The van der Waals surface area contributed by atoms with Gasteiger partial charge in [0.25, 0.3) is 0 Å². The highest BCUT2D eigenvalue weighted by Crippen LogP contribution is 2.19. The lowest BCUT2D eigenvalue weighted by Crippen LogP contribution is -2.11. The highest BCUT2D eigenvalue weighted by molar-refractivity contribution is 5.14. The molecule has 0 aliphatic carbocycles.